The zero-order valence-corrected chi connectivity index (χ0v) is 7.84. The Balaban J connectivity index is 0.000001000. The summed E-state index contributed by atoms with van der Waals surface area (Å²) < 4.78 is 0. The summed E-state index contributed by atoms with van der Waals surface area (Å²) in [5, 5.41) is 0. The third-order valence-corrected chi connectivity index (χ3v) is 2.82. The van der Waals surface area contributed by atoms with Crippen LogP contribution >= 0.6 is 0 Å². The highest BCUT2D eigenvalue weighted by atomic mass is 19.0. The second kappa shape index (κ2) is 4.70. The lowest BCUT2D eigenvalue weighted by molar-refractivity contribution is 0.236. The maximum atomic E-state index is 2.60. The number of hydrogen-bond acceptors (Lipinski definition) is 1. The van der Waals surface area contributed by atoms with Gasteiger partial charge in [-0.1, -0.05) is 20.8 Å². The molecule has 2 heteroatoms. The van der Waals surface area contributed by atoms with Crippen molar-refractivity contribution in [2.75, 3.05) is 13.1 Å². The van der Waals surface area contributed by atoms with Gasteiger partial charge < -0.3 is 4.90 Å². The topological polar surface area (TPSA) is 3.24 Å². The number of hydrogen-bond donors (Lipinski definition) is 0. The predicted molar refractivity (Wildman–Crippen MR) is 47.6 cm³/mol. The molecule has 0 saturated carbocycles. The Hall–Kier alpha value is -0.110. The number of halogens is 1. The van der Waals surface area contributed by atoms with Crippen LogP contribution in [0.3, 0.4) is 0 Å². The average molecular weight is 161 g/mol. The Kier molecular flexibility index (Phi) is 4.66. The summed E-state index contributed by atoms with van der Waals surface area (Å²) in [6, 6.07) is 0.880. The molecule has 0 spiro atoms. The van der Waals surface area contributed by atoms with Gasteiger partial charge in [-0.3, -0.25) is 4.70 Å². The first kappa shape index (κ1) is 10.9. The Morgan fingerprint density at radius 1 is 1.36 bits per heavy atom. The smallest absolute Gasteiger partial charge is 0.0119 e. The van der Waals surface area contributed by atoms with E-state index in [1.54, 1.807) is 0 Å². The molecule has 1 fully saturated rings. The second-order valence-electron chi connectivity index (χ2n) is 3.37. The molecule has 0 amide bonds. The lowest BCUT2D eigenvalue weighted by Crippen LogP contribution is -2.31. The maximum Gasteiger partial charge on any atom is 0.0119 e. The molecule has 1 heterocycles. The first-order chi connectivity index (χ1) is 4.79. The van der Waals surface area contributed by atoms with E-state index in [0.717, 1.165) is 12.0 Å². The molecule has 1 saturated heterocycles. The first-order valence-corrected chi connectivity index (χ1v) is 4.53. The van der Waals surface area contributed by atoms with E-state index < -0.39 is 0 Å². The fraction of sp³-hybridized carbons (Fsp3) is 1.00. The minimum Gasteiger partial charge on any atom is -0.300 e. The summed E-state index contributed by atoms with van der Waals surface area (Å²) in [5.74, 6) is 0.935. The Morgan fingerprint density at radius 3 is 2.36 bits per heavy atom. The van der Waals surface area contributed by atoms with E-state index in [0.29, 0.717) is 0 Å². The molecule has 2 unspecified atom stereocenters. The standard InChI is InChI=1S/C9H19N.FH/c1-4-9-8(3)6-7-10(9)5-2;/h8-9H,4-7H2,1-3H3;1H. The van der Waals surface area contributed by atoms with E-state index in [-0.39, 0.29) is 4.70 Å². The van der Waals surface area contributed by atoms with Crippen molar-refractivity contribution in [1.29, 1.82) is 0 Å². The summed E-state index contributed by atoms with van der Waals surface area (Å²) in [5.41, 5.74) is 0. The van der Waals surface area contributed by atoms with Gasteiger partial charge in [-0.25, -0.2) is 0 Å². The van der Waals surface area contributed by atoms with Crippen LogP contribution in [-0.4, -0.2) is 24.0 Å². The molecule has 1 rings (SSSR count). The van der Waals surface area contributed by atoms with Crippen LogP contribution in [0, 0.1) is 5.92 Å². The SMILES string of the molecule is CCC1C(C)CCN1CC.F. The number of nitrogens with zero attached hydrogens (tertiary/aromatic N) is 1. The summed E-state index contributed by atoms with van der Waals surface area (Å²) in [7, 11) is 0. The van der Waals surface area contributed by atoms with Gasteiger partial charge in [0.2, 0.25) is 0 Å². The fourth-order valence-electron chi connectivity index (χ4n) is 2.14. The van der Waals surface area contributed by atoms with Gasteiger partial charge in [-0.15, -0.1) is 0 Å². The van der Waals surface area contributed by atoms with Gasteiger partial charge in [0.05, 0.1) is 0 Å². The summed E-state index contributed by atoms with van der Waals surface area (Å²) in [4.78, 5) is 2.60. The van der Waals surface area contributed by atoms with Crippen molar-refractivity contribution in [1.82, 2.24) is 4.90 Å². The van der Waals surface area contributed by atoms with Crippen LogP contribution in [0.2, 0.25) is 0 Å². The van der Waals surface area contributed by atoms with Gasteiger partial charge in [-0.05, 0) is 31.8 Å². The number of likely N-dealkylation sites (tertiary alicyclic amines) is 1. The van der Waals surface area contributed by atoms with Gasteiger partial charge in [0.1, 0.15) is 0 Å². The Labute approximate surface area is 69.1 Å². The monoisotopic (exact) mass is 161 g/mol. The lowest BCUT2D eigenvalue weighted by atomic mass is 10.0. The van der Waals surface area contributed by atoms with E-state index in [1.807, 2.05) is 0 Å². The van der Waals surface area contributed by atoms with Crippen molar-refractivity contribution in [2.45, 2.75) is 39.7 Å². The highest BCUT2D eigenvalue weighted by Crippen LogP contribution is 2.25. The van der Waals surface area contributed by atoms with Crippen molar-refractivity contribution in [3.63, 3.8) is 0 Å². The minimum atomic E-state index is 0. The van der Waals surface area contributed by atoms with E-state index in [4.69, 9.17) is 0 Å². The van der Waals surface area contributed by atoms with Crippen LogP contribution in [0.1, 0.15) is 33.6 Å². The molecular weight excluding hydrogens is 141 g/mol. The zero-order chi connectivity index (χ0) is 7.56. The second-order valence-corrected chi connectivity index (χ2v) is 3.37. The molecule has 0 N–H and O–H groups in total. The van der Waals surface area contributed by atoms with Crippen molar-refractivity contribution in [3.8, 4) is 0 Å². The van der Waals surface area contributed by atoms with Gasteiger partial charge >= 0.3 is 0 Å². The van der Waals surface area contributed by atoms with E-state index >= 15 is 0 Å². The lowest BCUT2D eigenvalue weighted by Gasteiger charge is -2.23. The summed E-state index contributed by atoms with van der Waals surface area (Å²) in [6.07, 6.45) is 2.74. The summed E-state index contributed by atoms with van der Waals surface area (Å²) in [6.45, 7) is 9.51. The maximum absolute atomic E-state index is 2.60. The van der Waals surface area contributed by atoms with Crippen LogP contribution in [0.4, 0.5) is 4.70 Å². The Bertz CT molecular complexity index is 106. The average Bonchev–Trinajstić information content (AvgIpc) is 2.30. The van der Waals surface area contributed by atoms with Crippen molar-refractivity contribution in [2.24, 2.45) is 5.92 Å². The van der Waals surface area contributed by atoms with Gasteiger partial charge in [-0.2, -0.15) is 0 Å². The molecule has 1 nitrogen and oxygen atoms in total. The van der Waals surface area contributed by atoms with Crippen LogP contribution in [-0.2, 0) is 0 Å². The molecule has 0 aliphatic carbocycles. The van der Waals surface area contributed by atoms with Crippen LogP contribution in [0.5, 0.6) is 0 Å². The molecular formula is C9H20FN. The third-order valence-electron chi connectivity index (χ3n) is 2.82. The van der Waals surface area contributed by atoms with Crippen LogP contribution in [0.15, 0.2) is 0 Å². The normalized spacial score (nSPS) is 31.9. The quantitative estimate of drug-likeness (QED) is 0.600. The molecule has 0 aromatic carbocycles. The molecule has 0 radical (unpaired) electrons. The third kappa shape index (κ3) is 2.16. The number of rotatable bonds is 2. The molecule has 0 bridgehead atoms. The predicted octanol–water partition coefficient (Wildman–Crippen LogP) is 2.28. The molecule has 0 aromatic rings. The molecule has 68 valence electrons. The zero-order valence-electron chi connectivity index (χ0n) is 7.84. The largest absolute Gasteiger partial charge is 0.300 e. The van der Waals surface area contributed by atoms with E-state index in [9.17, 15) is 0 Å². The minimum absolute atomic E-state index is 0. The van der Waals surface area contributed by atoms with E-state index in [2.05, 4.69) is 25.7 Å². The van der Waals surface area contributed by atoms with Crippen LogP contribution < -0.4 is 0 Å². The fourth-order valence-corrected chi connectivity index (χ4v) is 2.14. The molecule has 0 aromatic heterocycles. The highest BCUT2D eigenvalue weighted by Gasteiger charge is 2.27. The first-order valence-electron chi connectivity index (χ1n) is 4.53. The van der Waals surface area contributed by atoms with Crippen molar-refractivity contribution < 1.29 is 4.70 Å². The van der Waals surface area contributed by atoms with E-state index in [1.165, 1.54) is 25.9 Å². The van der Waals surface area contributed by atoms with Crippen molar-refractivity contribution in [3.05, 3.63) is 0 Å². The van der Waals surface area contributed by atoms with Gasteiger partial charge in [0.25, 0.3) is 0 Å². The summed E-state index contributed by atoms with van der Waals surface area (Å²) >= 11 is 0. The highest BCUT2D eigenvalue weighted by molar-refractivity contribution is 4.82. The van der Waals surface area contributed by atoms with Gasteiger partial charge in [0, 0.05) is 6.04 Å². The molecule has 2 atom stereocenters. The van der Waals surface area contributed by atoms with Gasteiger partial charge in [0.15, 0.2) is 0 Å². The Morgan fingerprint density at radius 2 is 2.00 bits per heavy atom. The molecule has 11 heavy (non-hydrogen) atoms. The van der Waals surface area contributed by atoms with Crippen molar-refractivity contribution >= 4 is 0 Å². The molecule has 1 aliphatic rings. The molecule has 1 aliphatic heterocycles. The van der Waals surface area contributed by atoms with Crippen LogP contribution in [0.25, 0.3) is 0 Å².